The summed E-state index contributed by atoms with van der Waals surface area (Å²) in [6.45, 7) is 0.622. The Kier molecular flexibility index (Phi) is 7.28. The lowest BCUT2D eigenvalue weighted by atomic mass is 10.4. The van der Waals surface area contributed by atoms with Gasteiger partial charge in [-0.05, 0) is 6.42 Å². The molecule has 0 aromatic carbocycles. The maximum absolute atomic E-state index is 8.77. The van der Waals surface area contributed by atoms with Crippen LogP contribution in [0.25, 0.3) is 0 Å². The van der Waals surface area contributed by atoms with Crippen molar-refractivity contribution in [2.45, 2.75) is 18.6 Å². The predicted molar refractivity (Wildman–Crippen MR) is 39.1 cm³/mol. The van der Waals surface area contributed by atoms with Crippen molar-refractivity contribution < 1.29 is 14.9 Å². The smallest absolute Gasteiger partial charge is 0.100 e. The highest BCUT2D eigenvalue weighted by Gasteiger charge is 1.99. The number of rotatable bonds is 6. The zero-order valence-electron chi connectivity index (χ0n) is 5.92. The van der Waals surface area contributed by atoms with E-state index < -0.39 is 6.10 Å². The minimum Gasteiger partial charge on any atom is -0.394 e. The van der Waals surface area contributed by atoms with Gasteiger partial charge in [0.2, 0.25) is 0 Å². The molecule has 0 aliphatic heterocycles. The van der Waals surface area contributed by atoms with E-state index in [1.807, 2.05) is 0 Å². The van der Waals surface area contributed by atoms with E-state index in [1.165, 1.54) is 0 Å². The van der Waals surface area contributed by atoms with Crippen LogP contribution in [0.1, 0.15) is 6.42 Å². The van der Waals surface area contributed by atoms with Gasteiger partial charge < -0.3 is 14.9 Å². The van der Waals surface area contributed by atoms with Gasteiger partial charge in [-0.2, -0.15) is 0 Å². The standard InChI is InChI=1S/C6H13O3Si/c7-4-6(8)5-9-2-1-3-10/h6-8H,1-5H2. The van der Waals surface area contributed by atoms with Gasteiger partial charge in [-0.15, -0.1) is 0 Å². The van der Waals surface area contributed by atoms with E-state index >= 15 is 0 Å². The number of ether oxygens (including phenoxy) is 1. The van der Waals surface area contributed by atoms with E-state index in [9.17, 15) is 0 Å². The maximum Gasteiger partial charge on any atom is 0.100 e. The quantitative estimate of drug-likeness (QED) is 0.401. The Morgan fingerprint density at radius 3 is 2.70 bits per heavy atom. The van der Waals surface area contributed by atoms with Gasteiger partial charge in [0, 0.05) is 16.8 Å². The molecule has 0 bridgehead atoms. The fourth-order valence-electron chi connectivity index (χ4n) is 0.446. The molecule has 0 aliphatic rings. The first kappa shape index (κ1) is 10.1. The van der Waals surface area contributed by atoms with Gasteiger partial charge in [-0.25, -0.2) is 0 Å². The van der Waals surface area contributed by atoms with Gasteiger partial charge in [-0.1, -0.05) is 6.04 Å². The molecule has 0 fully saturated rings. The van der Waals surface area contributed by atoms with Gasteiger partial charge in [0.15, 0.2) is 0 Å². The van der Waals surface area contributed by atoms with E-state index in [0.717, 1.165) is 12.5 Å². The first-order valence-electron chi connectivity index (χ1n) is 3.32. The van der Waals surface area contributed by atoms with Crippen LogP contribution in [0, 0.1) is 0 Å². The molecular weight excluding hydrogens is 148 g/mol. The minimum atomic E-state index is -0.727. The summed E-state index contributed by atoms with van der Waals surface area (Å²) in [5.41, 5.74) is 0. The van der Waals surface area contributed by atoms with Crippen LogP contribution in [-0.2, 0) is 4.74 Å². The third kappa shape index (κ3) is 6.22. The molecule has 3 radical (unpaired) electrons. The van der Waals surface area contributed by atoms with Crippen LogP contribution in [0.2, 0.25) is 6.04 Å². The Labute approximate surface area is 64.4 Å². The summed E-state index contributed by atoms with van der Waals surface area (Å²) in [4.78, 5) is 0. The molecule has 59 valence electrons. The number of hydrogen-bond acceptors (Lipinski definition) is 3. The van der Waals surface area contributed by atoms with Crippen molar-refractivity contribution in [2.24, 2.45) is 0 Å². The topological polar surface area (TPSA) is 49.7 Å². The minimum absolute atomic E-state index is 0.225. The maximum atomic E-state index is 8.77. The summed E-state index contributed by atoms with van der Waals surface area (Å²) in [6.07, 6.45) is 0.199. The summed E-state index contributed by atoms with van der Waals surface area (Å²) < 4.78 is 4.99. The second-order valence-electron chi connectivity index (χ2n) is 2.01. The molecule has 1 unspecified atom stereocenters. The lowest BCUT2D eigenvalue weighted by Gasteiger charge is -2.06. The van der Waals surface area contributed by atoms with Crippen LogP contribution in [0.4, 0.5) is 0 Å². The largest absolute Gasteiger partial charge is 0.394 e. The molecule has 0 saturated carbocycles. The molecule has 0 saturated heterocycles. The molecule has 10 heavy (non-hydrogen) atoms. The van der Waals surface area contributed by atoms with Crippen LogP contribution in [0.5, 0.6) is 0 Å². The van der Waals surface area contributed by atoms with Crippen molar-refractivity contribution in [1.82, 2.24) is 0 Å². The number of hydrogen-bond donors (Lipinski definition) is 2. The molecule has 2 N–H and O–H groups in total. The Morgan fingerprint density at radius 2 is 2.20 bits per heavy atom. The normalized spacial score (nSPS) is 13.5. The SMILES string of the molecule is OCC(O)COCCC[Si]. The second-order valence-corrected chi connectivity index (χ2v) is 2.51. The molecule has 0 rings (SSSR count). The monoisotopic (exact) mass is 161 g/mol. The highest BCUT2D eigenvalue weighted by molar-refractivity contribution is 6.08. The molecule has 0 aromatic rings. The van der Waals surface area contributed by atoms with E-state index in [1.54, 1.807) is 0 Å². The molecule has 0 heterocycles. The van der Waals surface area contributed by atoms with Crippen molar-refractivity contribution in [3.63, 3.8) is 0 Å². The van der Waals surface area contributed by atoms with Crippen molar-refractivity contribution in [3.8, 4) is 0 Å². The average Bonchev–Trinajstić information content (AvgIpc) is 1.98. The Morgan fingerprint density at radius 1 is 1.50 bits per heavy atom. The van der Waals surface area contributed by atoms with E-state index in [2.05, 4.69) is 10.2 Å². The zero-order chi connectivity index (χ0) is 7.82. The fraction of sp³-hybridized carbons (Fsp3) is 1.00. The van der Waals surface area contributed by atoms with Crippen molar-refractivity contribution >= 4 is 10.2 Å². The third-order valence-electron chi connectivity index (χ3n) is 0.986. The lowest BCUT2D eigenvalue weighted by Crippen LogP contribution is -2.19. The molecule has 0 spiro atoms. The third-order valence-corrected chi connectivity index (χ3v) is 1.34. The second kappa shape index (κ2) is 7.21. The molecule has 0 aliphatic carbocycles. The van der Waals surface area contributed by atoms with Gasteiger partial charge in [0.05, 0.1) is 13.2 Å². The number of aliphatic hydroxyl groups is 2. The van der Waals surface area contributed by atoms with Gasteiger partial charge in [0.25, 0.3) is 0 Å². The molecule has 4 heteroatoms. The molecular formula is C6H13O3Si. The Hall–Kier alpha value is 0.0969. The van der Waals surface area contributed by atoms with Gasteiger partial charge in [-0.3, -0.25) is 0 Å². The fourth-order valence-corrected chi connectivity index (χ4v) is 0.591. The van der Waals surface area contributed by atoms with Crippen molar-refractivity contribution in [3.05, 3.63) is 0 Å². The Balaban J connectivity index is 2.89. The summed E-state index contributed by atoms with van der Waals surface area (Å²) in [5, 5.41) is 17.1. The molecule has 3 nitrogen and oxygen atoms in total. The first-order chi connectivity index (χ1) is 4.81. The zero-order valence-corrected chi connectivity index (χ0v) is 6.92. The highest BCUT2D eigenvalue weighted by atomic mass is 28.1. The highest BCUT2D eigenvalue weighted by Crippen LogP contribution is 1.88. The summed E-state index contributed by atoms with van der Waals surface area (Å²) in [7, 11) is 3.28. The van der Waals surface area contributed by atoms with E-state index in [0.29, 0.717) is 6.61 Å². The summed E-state index contributed by atoms with van der Waals surface area (Å²) in [5.74, 6) is 0. The average molecular weight is 161 g/mol. The molecule has 1 atom stereocenters. The summed E-state index contributed by atoms with van der Waals surface area (Å²) in [6, 6.07) is 0.898. The summed E-state index contributed by atoms with van der Waals surface area (Å²) >= 11 is 0. The first-order valence-corrected chi connectivity index (χ1v) is 4.03. The Bertz CT molecular complexity index is 70.0. The van der Waals surface area contributed by atoms with Crippen LogP contribution >= 0.6 is 0 Å². The van der Waals surface area contributed by atoms with Crippen molar-refractivity contribution in [1.29, 1.82) is 0 Å². The number of aliphatic hydroxyl groups excluding tert-OH is 2. The van der Waals surface area contributed by atoms with Gasteiger partial charge in [0.1, 0.15) is 6.10 Å². The molecule has 0 aromatic heterocycles. The van der Waals surface area contributed by atoms with Crippen LogP contribution in [0.3, 0.4) is 0 Å². The lowest BCUT2D eigenvalue weighted by molar-refractivity contribution is 0.00656. The van der Waals surface area contributed by atoms with Gasteiger partial charge >= 0.3 is 0 Å². The van der Waals surface area contributed by atoms with E-state index in [4.69, 9.17) is 14.9 Å². The predicted octanol–water partition coefficient (Wildman–Crippen LogP) is -0.667. The van der Waals surface area contributed by atoms with E-state index in [-0.39, 0.29) is 13.2 Å². The molecule has 0 amide bonds. The van der Waals surface area contributed by atoms with Crippen LogP contribution < -0.4 is 0 Å². The van der Waals surface area contributed by atoms with Crippen LogP contribution in [-0.4, -0.2) is 46.4 Å². The van der Waals surface area contributed by atoms with Crippen molar-refractivity contribution in [2.75, 3.05) is 19.8 Å². The van der Waals surface area contributed by atoms with Crippen LogP contribution in [0.15, 0.2) is 0 Å².